The summed E-state index contributed by atoms with van der Waals surface area (Å²) in [5.41, 5.74) is 18.9. The van der Waals surface area contributed by atoms with Crippen LogP contribution in [0.15, 0.2) is 69.7 Å². The number of halogens is 1. The highest BCUT2D eigenvalue weighted by molar-refractivity contribution is 7.99. The van der Waals surface area contributed by atoms with E-state index in [0.717, 1.165) is 16.0 Å². The summed E-state index contributed by atoms with van der Waals surface area (Å²) in [4.78, 5) is 6.42. The van der Waals surface area contributed by atoms with Crippen LogP contribution >= 0.6 is 11.8 Å². The highest BCUT2D eigenvalue weighted by atomic mass is 32.2. The topological polar surface area (TPSA) is 116 Å². The van der Waals surface area contributed by atoms with Gasteiger partial charge in [0, 0.05) is 14.7 Å². The molecule has 0 N–H and O–H groups in total. The van der Waals surface area contributed by atoms with Gasteiger partial charge in [-0.05, 0) is 35.7 Å². The van der Waals surface area contributed by atoms with Crippen molar-refractivity contribution in [1.29, 1.82) is 0 Å². The lowest BCUT2D eigenvalue weighted by Crippen LogP contribution is -2.55. The molecule has 0 amide bonds. The van der Waals surface area contributed by atoms with E-state index >= 15 is 4.39 Å². The summed E-state index contributed by atoms with van der Waals surface area (Å²) >= 11 is 1.26. The van der Waals surface area contributed by atoms with Gasteiger partial charge in [-0.1, -0.05) is 70.0 Å². The SMILES string of the molecule is Cc1ccc(S[C@H]2O[C@H](CN=[N+]=[N-])[C@@H](OCc3ccccc3)[C@H](F)[C@H]2N=[N+]=[N-])cc1. The number of benzene rings is 2. The molecule has 3 rings (SSSR count). The highest BCUT2D eigenvalue weighted by Crippen LogP contribution is 2.37. The van der Waals surface area contributed by atoms with Gasteiger partial charge in [0.15, 0.2) is 0 Å². The lowest BCUT2D eigenvalue weighted by Gasteiger charge is -2.41. The maximum atomic E-state index is 15.5. The maximum Gasteiger partial charge on any atom is 0.141 e. The molecule has 1 aliphatic rings. The van der Waals surface area contributed by atoms with E-state index in [4.69, 9.17) is 20.5 Å². The second-order valence-electron chi connectivity index (χ2n) is 6.79. The summed E-state index contributed by atoms with van der Waals surface area (Å²) in [6.45, 7) is 2.03. The van der Waals surface area contributed by atoms with Crippen LogP contribution in [0.4, 0.5) is 4.39 Å². The number of azide groups is 2. The molecule has 2 aromatic rings. The van der Waals surface area contributed by atoms with Crippen molar-refractivity contribution in [2.75, 3.05) is 6.54 Å². The lowest BCUT2D eigenvalue weighted by atomic mass is 9.99. The summed E-state index contributed by atoms with van der Waals surface area (Å²) in [5.74, 6) is 0. The van der Waals surface area contributed by atoms with Crippen LogP contribution in [0.2, 0.25) is 0 Å². The van der Waals surface area contributed by atoms with Crippen LogP contribution in [-0.2, 0) is 16.1 Å². The van der Waals surface area contributed by atoms with E-state index in [-0.39, 0.29) is 13.2 Å². The van der Waals surface area contributed by atoms with Crippen molar-refractivity contribution in [3.63, 3.8) is 0 Å². The summed E-state index contributed by atoms with van der Waals surface area (Å²) in [6, 6.07) is 15.9. The van der Waals surface area contributed by atoms with E-state index in [1.165, 1.54) is 11.8 Å². The third-order valence-corrected chi connectivity index (χ3v) is 5.83. The quantitative estimate of drug-likeness (QED) is 0.304. The van der Waals surface area contributed by atoms with E-state index in [1.807, 2.05) is 61.5 Å². The average molecular weight is 428 g/mol. The Kier molecular flexibility index (Phi) is 7.96. The molecule has 0 spiro atoms. The molecule has 1 aliphatic heterocycles. The Morgan fingerprint density at radius 3 is 2.50 bits per heavy atom. The fourth-order valence-corrected chi connectivity index (χ4v) is 4.24. The predicted molar refractivity (Wildman–Crippen MR) is 113 cm³/mol. The van der Waals surface area contributed by atoms with Crippen molar-refractivity contribution >= 4 is 11.8 Å². The molecule has 5 atom stereocenters. The minimum atomic E-state index is -1.62. The van der Waals surface area contributed by atoms with Gasteiger partial charge in [-0.15, -0.1) is 0 Å². The molecule has 1 fully saturated rings. The monoisotopic (exact) mass is 428 g/mol. The first-order valence-corrected chi connectivity index (χ1v) is 10.2. The molecule has 10 heteroatoms. The lowest BCUT2D eigenvalue weighted by molar-refractivity contribution is -0.157. The Labute approximate surface area is 177 Å². The molecule has 1 heterocycles. The van der Waals surface area contributed by atoms with Crippen LogP contribution < -0.4 is 0 Å². The van der Waals surface area contributed by atoms with Crippen molar-refractivity contribution in [1.82, 2.24) is 0 Å². The van der Waals surface area contributed by atoms with Crippen molar-refractivity contribution in [3.05, 3.63) is 86.6 Å². The zero-order valence-corrected chi connectivity index (χ0v) is 17.1. The normalized spacial score (nSPS) is 25.7. The van der Waals surface area contributed by atoms with Crippen LogP contribution in [0.5, 0.6) is 0 Å². The zero-order valence-electron chi connectivity index (χ0n) is 16.3. The fourth-order valence-electron chi connectivity index (χ4n) is 3.14. The van der Waals surface area contributed by atoms with Gasteiger partial charge in [0.05, 0.1) is 19.3 Å². The molecule has 0 bridgehead atoms. The number of hydrogen-bond acceptors (Lipinski definition) is 5. The summed E-state index contributed by atoms with van der Waals surface area (Å²) in [5, 5.41) is 7.21. The number of thioether (sulfide) groups is 1. The van der Waals surface area contributed by atoms with E-state index in [1.54, 1.807) is 0 Å². The third-order valence-electron chi connectivity index (χ3n) is 4.66. The standard InChI is InChI=1S/C20H21FN6O2S/c1-13-7-9-15(10-8-13)30-20-18(25-27-23)17(21)19(16(29-20)11-24-26-22)28-12-14-5-3-2-4-6-14/h2-10,16-20H,11-12H2,1H3/t16-,17-,18-,19-,20-/m1/s1. The van der Waals surface area contributed by atoms with Crippen molar-refractivity contribution < 1.29 is 13.9 Å². The van der Waals surface area contributed by atoms with Gasteiger partial charge in [0.1, 0.15) is 23.8 Å². The van der Waals surface area contributed by atoms with E-state index in [0.29, 0.717) is 0 Å². The van der Waals surface area contributed by atoms with Crippen molar-refractivity contribution in [3.8, 4) is 0 Å². The van der Waals surface area contributed by atoms with Gasteiger partial charge >= 0.3 is 0 Å². The number of nitrogens with zero attached hydrogens (tertiary/aromatic N) is 6. The Hall–Kier alpha value is -2.74. The molecule has 30 heavy (non-hydrogen) atoms. The first-order chi connectivity index (χ1) is 14.6. The molecule has 156 valence electrons. The van der Waals surface area contributed by atoms with E-state index < -0.39 is 29.9 Å². The molecule has 0 aliphatic carbocycles. The zero-order chi connectivity index (χ0) is 21.3. The Morgan fingerprint density at radius 1 is 1.10 bits per heavy atom. The van der Waals surface area contributed by atoms with Crippen molar-refractivity contribution in [2.45, 2.75) is 48.3 Å². The number of ether oxygens (including phenoxy) is 2. The second-order valence-corrected chi connectivity index (χ2v) is 7.96. The number of hydrogen-bond donors (Lipinski definition) is 0. The molecular weight excluding hydrogens is 407 g/mol. The highest BCUT2D eigenvalue weighted by Gasteiger charge is 2.47. The van der Waals surface area contributed by atoms with Gasteiger partial charge in [0.2, 0.25) is 0 Å². The Morgan fingerprint density at radius 2 is 1.83 bits per heavy atom. The summed E-state index contributed by atoms with van der Waals surface area (Å²) < 4.78 is 27.3. The van der Waals surface area contributed by atoms with Gasteiger partial charge in [-0.2, -0.15) is 0 Å². The Balaban J connectivity index is 1.81. The van der Waals surface area contributed by atoms with E-state index in [2.05, 4.69) is 20.1 Å². The maximum absolute atomic E-state index is 15.5. The molecule has 1 saturated heterocycles. The minimum Gasteiger partial charge on any atom is -0.368 e. The fraction of sp³-hybridized carbons (Fsp3) is 0.400. The van der Waals surface area contributed by atoms with Crippen LogP contribution in [0.3, 0.4) is 0 Å². The second kappa shape index (κ2) is 10.9. The largest absolute Gasteiger partial charge is 0.368 e. The number of rotatable bonds is 8. The summed E-state index contributed by atoms with van der Waals surface area (Å²) in [6.07, 6.45) is -3.48. The minimum absolute atomic E-state index is 0.0929. The van der Waals surface area contributed by atoms with Crippen LogP contribution in [0, 0.1) is 6.92 Å². The van der Waals surface area contributed by atoms with Gasteiger partial charge in [-0.3, -0.25) is 0 Å². The molecule has 0 radical (unpaired) electrons. The van der Waals surface area contributed by atoms with Crippen LogP contribution in [-0.4, -0.2) is 36.4 Å². The molecule has 0 unspecified atom stereocenters. The van der Waals surface area contributed by atoms with Gasteiger partial charge in [-0.25, -0.2) is 4.39 Å². The Bertz CT molecular complexity index is 917. The molecule has 0 saturated carbocycles. The first kappa shape index (κ1) is 22.0. The van der Waals surface area contributed by atoms with Gasteiger partial charge < -0.3 is 9.47 Å². The molecule has 0 aromatic heterocycles. The number of aryl methyl sites for hydroxylation is 1. The predicted octanol–water partition coefficient (Wildman–Crippen LogP) is 5.72. The smallest absolute Gasteiger partial charge is 0.141 e. The molecular formula is C20H21FN6O2S. The molecule has 2 aromatic carbocycles. The summed E-state index contributed by atoms with van der Waals surface area (Å²) in [7, 11) is 0. The van der Waals surface area contributed by atoms with E-state index in [9.17, 15) is 0 Å². The number of alkyl halides is 1. The van der Waals surface area contributed by atoms with Crippen molar-refractivity contribution in [2.24, 2.45) is 10.2 Å². The molecule has 8 nitrogen and oxygen atoms in total. The van der Waals surface area contributed by atoms with Crippen LogP contribution in [0.25, 0.3) is 20.9 Å². The van der Waals surface area contributed by atoms with Gasteiger partial charge in [0.25, 0.3) is 0 Å². The van der Waals surface area contributed by atoms with Crippen LogP contribution in [0.1, 0.15) is 11.1 Å². The average Bonchev–Trinajstić information content (AvgIpc) is 2.76. The first-order valence-electron chi connectivity index (χ1n) is 9.36. The third kappa shape index (κ3) is 5.66.